The normalized spacial score (nSPS) is 15.9. The minimum Gasteiger partial charge on any atom is -0.463 e. The number of hydrogen-bond acceptors (Lipinski definition) is 7. The lowest BCUT2D eigenvalue weighted by Gasteiger charge is -2.12. The van der Waals surface area contributed by atoms with Gasteiger partial charge in [0.1, 0.15) is 0 Å². The van der Waals surface area contributed by atoms with E-state index in [0.29, 0.717) is 37.0 Å². The van der Waals surface area contributed by atoms with Crippen molar-refractivity contribution in [2.24, 2.45) is 5.92 Å². The lowest BCUT2D eigenvalue weighted by atomic mass is 10.2. The van der Waals surface area contributed by atoms with Gasteiger partial charge < -0.3 is 20.5 Å². The Morgan fingerprint density at radius 3 is 2.68 bits per heavy atom. The molecule has 2 rings (SSSR count). The van der Waals surface area contributed by atoms with Crippen molar-refractivity contribution in [3.63, 3.8) is 0 Å². The first-order valence-corrected chi connectivity index (χ1v) is 6.71. The van der Waals surface area contributed by atoms with Crippen molar-refractivity contribution in [2.45, 2.75) is 32.3 Å². The van der Waals surface area contributed by atoms with Crippen LogP contribution in [-0.4, -0.2) is 46.4 Å². The highest BCUT2D eigenvalue weighted by molar-refractivity contribution is 5.35. The van der Waals surface area contributed by atoms with E-state index in [4.69, 9.17) is 4.74 Å². The molecule has 1 aromatic heterocycles. The third kappa shape index (κ3) is 4.20. The molecule has 1 aliphatic rings. The molecule has 1 aliphatic carbocycles. The van der Waals surface area contributed by atoms with Gasteiger partial charge in [0.05, 0.1) is 12.7 Å². The Morgan fingerprint density at radius 1 is 1.32 bits per heavy atom. The summed E-state index contributed by atoms with van der Waals surface area (Å²) in [6.45, 7) is 3.04. The minimum absolute atomic E-state index is 0.296. The third-order valence-corrected chi connectivity index (χ3v) is 2.91. The van der Waals surface area contributed by atoms with Crippen LogP contribution in [0.3, 0.4) is 0 Å². The molecule has 0 amide bonds. The van der Waals surface area contributed by atoms with Gasteiger partial charge in [0.2, 0.25) is 11.9 Å². The Hall–Kier alpha value is -1.63. The number of aromatic nitrogens is 3. The predicted octanol–water partition coefficient (Wildman–Crippen LogP) is 0.885. The molecule has 3 N–H and O–H groups in total. The summed E-state index contributed by atoms with van der Waals surface area (Å²) in [6.07, 6.45) is 2.76. The van der Waals surface area contributed by atoms with E-state index >= 15 is 0 Å². The standard InChI is InChI=1S/C12H21N5O2/c1-3-6-19-12-16-10(13-2)15-11(17-12)14-7-9(18)8-4-5-8/h8-9,18H,3-7H2,1-2H3,(H2,13,14,15,16,17). The van der Waals surface area contributed by atoms with Gasteiger partial charge in [0.15, 0.2) is 0 Å². The smallest absolute Gasteiger partial charge is 0.323 e. The average Bonchev–Trinajstić information content (AvgIpc) is 3.26. The summed E-state index contributed by atoms with van der Waals surface area (Å²) in [5, 5.41) is 15.7. The molecule has 1 saturated carbocycles. The molecule has 1 fully saturated rings. The Morgan fingerprint density at radius 2 is 2.05 bits per heavy atom. The van der Waals surface area contributed by atoms with Gasteiger partial charge in [-0.25, -0.2) is 0 Å². The zero-order valence-corrected chi connectivity index (χ0v) is 11.4. The summed E-state index contributed by atoms with van der Waals surface area (Å²) in [5.74, 6) is 1.29. The molecule has 1 atom stereocenters. The fourth-order valence-electron chi connectivity index (χ4n) is 1.65. The molecule has 106 valence electrons. The van der Waals surface area contributed by atoms with Gasteiger partial charge in [0, 0.05) is 13.6 Å². The lowest BCUT2D eigenvalue weighted by Crippen LogP contribution is -2.22. The molecule has 0 aliphatic heterocycles. The average molecular weight is 267 g/mol. The van der Waals surface area contributed by atoms with Gasteiger partial charge in [-0.05, 0) is 25.2 Å². The maximum Gasteiger partial charge on any atom is 0.323 e. The Kier molecular flexibility index (Phi) is 4.73. The molecule has 0 spiro atoms. The Balaban J connectivity index is 1.96. The molecule has 0 radical (unpaired) electrons. The maximum atomic E-state index is 9.81. The van der Waals surface area contributed by atoms with Crippen molar-refractivity contribution < 1.29 is 9.84 Å². The minimum atomic E-state index is -0.338. The second-order valence-electron chi connectivity index (χ2n) is 4.65. The largest absolute Gasteiger partial charge is 0.463 e. The SMILES string of the molecule is CCCOc1nc(NC)nc(NCC(O)C2CC2)n1. The molecular formula is C12H21N5O2. The molecule has 0 bridgehead atoms. The van der Waals surface area contributed by atoms with E-state index < -0.39 is 0 Å². The fourth-order valence-corrected chi connectivity index (χ4v) is 1.65. The quantitative estimate of drug-likeness (QED) is 0.644. The van der Waals surface area contributed by atoms with E-state index in [1.165, 1.54) is 0 Å². The number of nitrogens with one attached hydrogen (secondary N) is 2. The van der Waals surface area contributed by atoms with Gasteiger partial charge in [-0.15, -0.1) is 0 Å². The van der Waals surface area contributed by atoms with Gasteiger partial charge in [-0.1, -0.05) is 6.92 Å². The van der Waals surface area contributed by atoms with Crippen molar-refractivity contribution in [3.8, 4) is 6.01 Å². The van der Waals surface area contributed by atoms with Crippen LogP contribution in [0.4, 0.5) is 11.9 Å². The van der Waals surface area contributed by atoms with E-state index in [2.05, 4.69) is 25.6 Å². The Labute approximate surface area is 112 Å². The summed E-state index contributed by atoms with van der Waals surface area (Å²) in [4.78, 5) is 12.4. The van der Waals surface area contributed by atoms with Gasteiger partial charge in [-0.2, -0.15) is 15.0 Å². The maximum absolute atomic E-state index is 9.81. The highest BCUT2D eigenvalue weighted by Gasteiger charge is 2.29. The number of hydrogen-bond donors (Lipinski definition) is 3. The molecule has 0 saturated heterocycles. The van der Waals surface area contributed by atoms with Crippen LogP contribution in [0.1, 0.15) is 26.2 Å². The number of aliphatic hydroxyl groups excluding tert-OH is 1. The molecule has 19 heavy (non-hydrogen) atoms. The molecule has 7 heteroatoms. The third-order valence-electron chi connectivity index (χ3n) is 2.91. The van der Waals surface area contributed by atoms with Crippen molar-refractivity contribution in [1.82, 2.24) is 15.0 Å². The van der Waals surface area contributed by atoms with Crippen LogP contribution in [0.25, 0.3) is 0 Å². The van der Waals surface area contributed by atoms with Crippen molar-refractivity contribution in [1.29, 1.82) is 0 Å². The van der Waals surface area contributed by atoms with Crippen LogP contribution in [0.5, 0.6) is 6.01 Å². The zero-order valence-electron chi connectivity index (χ0n) is 11.4. The van der Waals surface area contributed by atoms with Crippen LogP contribution in [0.15, 0.2) is 0 Å². The summed E-state index contributed by atoms with van der Waals surface area (Å²) in [7, 11) is 1.74. The van der Waals surface area contributed by atoms with Crippen molar-refractivity contribution in [2.75, 3.05) is 30.8 Å². The first kappa shape index (κ1) is 13.8. The molecule has 7 nitrogen and oxygen atoms in total. The second kappa shape index (κ2) is 6.51. The summed E-state index contributed by atoms with van der Waals surface area (Å²) in [5.41, 5.74) is 0. The van der Waals surface area contributed by atoms with Gasteiger partial charge in [-0.3, -0.25) is 0 Å². The van der Waals surface area contributed by atoms with E-state index in [-0.39, 0.29) is 6.10 Å². The van der Waals surface area contributed by atoms with Crippen molar-refractivity contribution in [3.05, 3.63) is 0 Å². The lowest BCUT2D eigenvalue weighted by molar-refractivity contribution is 0.164. The molecular weight excluding hydrogens is 246 g/mol. The van der Waals surface area contributed by atoms with Crippen LogP contribution < -0.4 is 15.4 Å². The highest BCUT2D eigenvalue weighted by Crippen LogP contribution is 2.32. The monoisotopic (exact) mass is 267 g/mol. The number of aliphatic hydroxyl groups is 1. The van der Waals surface area contributed by atoms with E-state index in [9.17, 15) is 5.11 Å². The molecule has 0 aromatic carbocycles. The first-order chi connectivity index (χ1) is 9.22. The van der Waals surface area contributed by atoms with Crippen LogP contribution >= 0.6 is 0 Å². The number of rotatable bonds is 8. The highest BCUT2D eigenvalue weighted by atomic mass is 16.5. The fraction of sp³-hybridized carbons (Fsp3) is 0.750. The number of nitrogens with zero attached hydrogens (tertiary/aromatic N) is 3. The van der Waals surface area contributed by atoms with E-state index in [1.54, 1.807) is 7.05 Å². The second-order valence-corrected chi connectivity index (χ2v) is 4.65. The zero-order chi connectivity index (χ0) is 13.7. The summed E-state index contributed by atoms with van der Waals surface area (Å²) >= 11 is 0. The van der Waals surface area contributed by atoms with E-state index in [1.807, 2.05) is 6.92 Å². The predicted molar refractivity (Wildman–Crippen MR) is 72.4 cm³/mol. The van der Waals surface area contributed by atoms with Crippen molar-refractivity contribution >= 4 is 11.9 Å². The molecule has 1 aromatic rings. The van der Waals surface area contributed by atoms with E-state index in [0.717, 1.165) is 19.3 Å². The van der Waals surface area contributed by atoms with Crippen LogP contribution in [0.2, 0.25) is 0 Å². The molecule has 1 unspecified atom stereocenters. The number of ether oxygens (including phenoxy) is 1. The summed E-state index contributed by atoms with van der Waals surface area (Å²) in [6, 6.07) is 0.296. The first-order valence-electron chi connectivity index (χ1n) is 6.71. The topological polar surface area (TPSA) is 92.2 Å². The van der Waals surface area contributed by atoms with Gasteiger partial charge in [0.25, 0.3) is 0 Å². The number of anilines is 2. The Bertz CT molecular complexity index is 411. The van der Waals surface area contributed by atoms with Crippen LogP contribution in [-0.2, 0) is 0 Å². The summed E-state index contributed by atoms with van der Waals surface area (Å²) < 4.78 is 5.40. The molecule has 1 heterocycles. The van der Waals surface area contributed by atoms with Crippen LogP contribution in [0, 0.1) is 5.92 Å². The van der Waals surface area contributed by atoms with Gasteiger partial charge >= 0.3 is 6.01 Å².